The fraction of sp³-hybridized carbons (Fsp3) is 0.0952. The summed E-state index contributed by atoms with van der Waals surface area (Å²) in [5.74, 6) is -0.296. The van der Waals surface area contributed by atoms with Gasteiger partial charge in [-0.3, -0.25) is 14.6 Å². The summed E-state index contributed by atoms with van der Waals surface area (Å²) in [4.78, 5) is 34.6. The zero-order valence-corrected chi connectivity index (χ0v) is 15.5. The largest absolute Gasteiger partial charge is 0.336 e. The normalized spacial score (nSPS) is 10.9. The summed E-state index contributed by atoms with van der Waals surface area (Å²) in [6.07, 6.45) is 3.32. The first-order valence-electron chi connectivity index (χ1n) is 8.48. The molecule has 4 aromatic rings. The molecule has 0 atom stereocenters. The first kappa shape index (κ1) is 17.2. The fourth-order valence-corrected chi connectivity index (χ4v) is 4.09. The van der Waals surface area contributed by atoms with E-state index < -0.39 is 5.56 Å². The molecule has 0 fully saturated rings. The van der Waals surface area contributed by atoms with E-state index in [1.165, 1.54) is 4.70 Å². The van der Waals surface area contributed by atoms with E-state index in [-0.39, 0.29) is 11.5 Å². The third kappa shape index (κ3) is 3.52. The van der Waals surface area contributed by atoms with Gasteiger partial charge in [-0.2, -0.15) is 0 Å². The number of thiophene rings is 1. The Balaban J connectivity index is 1.55. The van der Waals surface area contributed by atoms with Gasteiger partial charge in [0.05, 0.1) is 6.54 Å². The minimum atomic E-state index is -0.391. The molecule has 0 saturated carbocycles. The van der Waals surface area contributed by atoms with E-state index in [2.05, 4.69) is 28.2 Å². The van der Waals surface area contributed by atoms with Gasteiger partial charge in [-0.05, 0) is 41.8 Å². The number of pyridine rings is 2. The van der Waals surface area contributed by atoms with Crippen LogP contribution in [0.15, 0.2) is 71.8 Å². The summed E-state index contributed by atoms with van der Waals surface area (Å²) in [7, 11) is 1.71. The smallest absolute Gasteiger partial charge is 0.261 e. The Labute approximate surface area is 159 Å². The number of nitrogens with zero attached hydrogens (tertiary/aromatic N) is 2. The molecule has 3 aromatic heterocycles. The van der Waals surface area contributed by atoms with Gasteiger partial charge in [0.1, 0.15) is 5.56 Å². The quantitative estimate of drug-likeness (QED) is 0.588. The van der Waals surface area contributed by atoms with Crippen LogP contribution in [0.5, 0.6) is 0 Å². The lowest BCUT2D eigenvalue weighted by Crippen LogP contribution is -2.31. The molecule has 4 rings (SSSR count). The number of nitrogens with one attached hydrogen (secondary N) is 1. The number of aromatic amines is 1. The molecule has 0 aliphatic heterocycles. The third-order valence-electron chi connectivity index (χ3n) is 4.35. The van der Waals surface area contributed by atoms with E-state index in [0.29, 0.717) is 12.2 Å². The van der Waals surface area contributed by atoms with E-state index in [0.717, 1.165) is 15.8 Å². The van der Waals surface area contributed by atoms with Crippen LogP contribution in [-0.2, 0) is 6.54 Å². The number of aromatic nitrogens is 2. The van der Waals surface area contributed by atoms with Crippen LogP contribution in [0, 0.1) is 0 Å². The first-order chi connectivity index (χ1) is 13.1. The van der Waals surface area contributed by atoms with Crippen LogP contribution in [0.2, 0.25) is 0 Å². The second kappa shape index (κ2) is 7.17. The number of hydrogen-bond acceptors (Lipinski definition) is 4. The fourth-order valence-electron chi connectivity index (χ4n) is 2.97. The molecular weight excluding hydrogens is 358 g/mol. The number of hydrogen-bond donors (Lipinski definition) is 1. The SMILES string of the molecule is CN(Cc1cc2ccccc2s1)C(=O)c1ccc(-c2ccncc2)[nH]c1=O. The average Bonchev–Trinajstić information content (AvgIpc) is 3.10. The number of fused-ring (bicyclic) bond motifs is 1. The molecule has 0 spiro atoms. The Kier molecular flexibility index (Phi) is 4.56. The lowest BCUT2D eigenvalue weighted by Gasteiger charge is -2.16. The van der Waals surface area contributed by atoms with Crippen LogP contribution in [0.4, 0.5) is 0 Å². The summed E-state index contributed by atoms with van der Waals surface area (Å²) < 4.78 is 1.19. The minimum absolute atomic E-state index is 0.136. The molecule has 1 N–H and O–H groups in total. The lowest BCUT2D eigenvalue weighted by molar-refractivity contribution is 0.0784. The van der Waals surface area contributed by atoms with Crippen LogP contribution < -0.4 is 5.56 Å². The van der Waals surface area contributed by atoms with Crippen molar-refractivity contribution in [3.8, 4) is 11.3 Å². The molecule has 0 unspecified atom stereocenters. The summed E-state index contributed by atoms with van der Waals surface area (Å²) in [6, 6.07) is 17.1. The monoisotopic (exact) mass is 375 g/mol. The maximum atomic E-state index is 12.7. The van der Waals surface area contributed by atoms with Gasteiger partial charge in [0.2, 0.25) is 0 Å². The molecule has 3 heterocycles. The van der Waals surface area contributed by atoms with Crippen LogP contribution in [0.25, 0.3) is 21.3 Å². The summed E-state index contributed by atoms with van der Waals surface area (Å²) in [5, 5.41) is 1.16. The van der Waals surface area contributed by atoms with E-state index in [4.69, 9.17) is 0 Å². The second-order valence-corrected chi connectivity index (χ2v) is 7.43. The van der Waals surface area contributed by atoms with Crippen molar-refractivity contribution in [3.63, 3.8) is 0 Å². The number of carbonyl (C=O) groups excluding carboxylic acids is 1. The van der Waals surface area contributed by atoms with E-state index >= 15 is 0 Å². The minimum Gasteiger partial charge on any atom is -0.336 e. The number of H-pyrrole nitrogens is 1. The first-order valence-corrected chi connectivity index (χ1v) is 9.30. The van der Waals surface area contributed by atoms with Crippen LogP contribution in [0.3, 0.4) is 0 Å². The number of amides is 1. The van der Waals surface area contributed by atoms with Crippen LogP contribution in [-0.4, -0.2) is 27.8 Å². The molecule has 134 valence electrons. The highest BCUT2D eigenvalue weighted by Crippen LogP contribution is 2.26. The van der Waals surface area contributed by atoms with Gasteiger partial charge in [-0.25, -0.2) is 0 Å². The summed E-state index contributed by atoms with van der Waals surface area (Å²) in [6.45, 7) is 0.462. The summed E-state index contributed by atoms with van der Waals surface area (Å²) in [5.41, 5.74) is 1.25. The van der Waals surface area contributed by atoms with Gasteiger partial charge in [0.25, 0.3) is 11.5 Å². The molecule has 5 nitrogen and oxygen atoms in total. The van der Waals surface area contributed by atoms with Crippen molar-refractivity contribution in [2.24, 2.45) is 0 Å². The van der Waals surface area contributed by atoms with E-state index in [9.17, 15) is 9.59 Å². The standard InChI is InChI=1S/C21H17N3O2S/c1-24(13-16-12-15-4-2-3-5-19(15)27-16)21(26)17-6-7-18(23-20(17)25)14-8-10-22-11-9-14/h2-12H,13H2,1H3,(H,23,25). The van der Waals surface area contributed by atoms with Crippen molar-refractivity contribution in [3.05, 3.63) is 87.8 Å². The molecule has 0 bridgehead atoms. The zero-order valence-electron chi connectivity index (χ0n) is 14.7. The maximum absolute atomic E-state index is 12.7. The predicted molar refractivity (Wildman–Crippen MR) is 108 cm³/mol. The maximum Gasteiger partial charge on any atom is 0.261 e. The highest BCUT2D eigenvalue weighted by molar-refractivity contribution is 7.19. The van der Waals surface area contributed by atoms with E-state index in [1.54, 1.807) is 59.9 Å². The Morgan fingerprint density at radius 2 is 1.89 bits per heavy atom. The van der Waals surface area contributed by atoms with Gasteiger partial charge >= 0.3 is 0 Å². The molecule has 0 aliphatic carbocycles. The Morgan fingerprint density at radius 1 is 1.11 bits per heavy atom. The van der Waals surface area contributed by atoms with Crippen LogP contribution in [0.1, 0.15) is 15.2 Å². The Hall–Kier alpha value is -3.25. The molecule has 27 heavy (non-hydrogen) atoms. The highest BCUT2D eigenvalue weighted by Gasteiger charge is 2.17. The second-order valence-electron chi connectivity index (χ2n) is 6.26. The van der Waals surface area contributed by atoms with Crippen molar-refractivity contribution in [1.29, 1.82) is 0 Å². The van der Waals surface area contributed by atoms with Crippen molar-refractivity contribution in [2.45, 2.75) is 6.54 Å². The number of benzene rings is 1. The van der Waals surface area contributed by atoms with Crippen molar-refractivity contribution >= 4 is 27.3 Å². The molecule has 0 radical (unpaired) electrons. The van der Waals surface area contributed by atoms with Crippen molar-refractivity contribution < 1.29 is 4.79 Å². The van der Waals surface area contributed by atoms with Gasteiger partial charge < -0.3 is 9.88 Å². The average molecular weight is 375 g/mol. The third-order valence-corrected chi connectivity index (χ3v) is 5.45. The van der Waals surface area contributed by atoms with Gasteiger partial charge in [0, 0.05) is 40.3 Å². The predicted octanol–water partition coefficient (Wildman–Crippen LogP) is 3.92. The molecular formula is C21H17N3O2S. The number of carbonyl (C=O) groups is 1. The molecule has 0 saturated heterocycles. The molecule has 6 heteroatoms. The Bertz CT molecular complexity index is 1130. The topological polar surface area (TPSA) is 66.1 Å². The zero-order chi connectivity index (χ0) is 18.8. The van der Waals surface area contributed by atoms with Crippen molar-refractivity contribution in [2.75, 3.05) is 7.05 Å². The molecule has 1 aromatic carbocycles. The lowest BCUT2D eigenvalue weighted by atomic mass is 10.1. The summed E-state index contributed by atoms with van der Waals surface area (Å²) >= 11 is 1.66. The molecule has 0 aliphatic rings. The molecule has 1 amide bonds. The van der Waals surface area contributed by atoms with Crippen molar-refractivity contribution in [1.82, 2.24) is 14.9 Å². The highest BCUT2D eigenvalue weighted by atomic mass is 32.1. The van der Waals surface area contributed by atoms with Gasteiger partial charge in [-0.15, -0.1) is 11.3 Å². The van der Waals surface area contributed by atoms with E-state index in [1.807, 2.05) is 12.1 Å². The Morgan fingerprint density at radius 3 is 2.63 bits per heavy atom. The van der Waals surface area contributed by atoms with Gasteiger partial charge in [0.15, 0.2) is 0 Å². The number of rotatable bonds is 4. The van der Waals surface area contributed by atoms with Gasteiger partial charge in [-0.1, -0.05) is 18.2 Å². The van der Waals surface area contributed by atoms with Crippen LogP contribution >= 0.6 is 11.3 Å².